The average Bonchev–Trinajstić information content (AvgIpc) is 3.18. The molecule has 21 heteroatoms. The number of nitrogens with two attached hydrogens (primary N) is 1. The molecule has 2 aromatic rings. The van der Waals surface area contributed by atoms with Gasteiger partial charge in [0.2, 0.25) is 5.91 Å². The van der Waals surface area contributed by atoms with Gasteiger partial charge in [0.25, 0.3) is 0 Å². The summed E-state index contributed by atoms with van der Waals surface area (Å²) < 4.78 is 39.7. The van der Waals surface area contributed by atoms with Crippen molar-refractivity contribution in [3.05, 3.63) is 47.5 Å². The lowest BCUT2D eigenvalue weighted by Gasteiger charge is -2.20. The predicted molar refractivity (Wildman–Crippen MR) is 225 cm³/mol. The van der Waals surface area contributed by atoms with Crippen LogP contribution in [0.2, 0.25) is 0 Å². The van der Waals surface area contributed by atoms with Gasteiger partial charge < -0.3 is 75.1 Å². The summed E-state index contributed by atoms with van der Waals surface area (Å²) >= 11 is 0. The largest absolute Gasteiger partial charge is 0.497 e. The van der Waals surface area contributed by atoms with Crippen molar-refractivity contribution in [3.63, 3.8) is 0 Å². The molecule has 0 heterocycles. The number of hydrogen-bond donors (Lipinski definition) is 7. The summed E-state index contributed by atoms with van der Waals surface area (Å²) in [5, 5.41) is 29.0. The Morgan fingerprint density at radius 3 is 1.23 bits per heavy atom. The second kappa shape index (κ2) is 27.0. The SMILES string of the molecule is CC(C)(C)OC(=O)NCC(=O)OC(=O)CNC(=O)OC(C)(C)C.COc1ccc(OC)c(C(O)CN)c1.COc1ccc(OC)c(C(O)CNC(=O)CNC(=O)OC(C)(C)C)c1. The van der Waals surface area contributed by atoms with E-state index in [-0.39, 0.29) is 19.6 Å². The number of carbonyl (C=O) groups is 6. The molecule has 0 aliphatic carbocycles. The van der Waals surface area contributed by atoms with Gasteiger partial charge >= 0.3 is 30.2 Å². The lowest BCUT2D eigenvalue weighted by Crippen LogP contribution is -2.40. The van der Waals surface area contributed by atoms with E-state index >= 15 is 0 Å². The van der Waals surface area contributed by atoms with E-state index in [1.807, 2.05) is 0 Å². The van der Waals surface area contributed by atoms with Gasteiger partial charge in [-0.15, -0.1) is 0 Å². The maximum Gasteiger partial charge on any atom is 0.408 e. The van der Waals surface area contributed by atoms with Gasteiger partial charge in [-0.05, 0) is 98.7 Å². The number of methoxy groups -OCH3 is 4. The number of nitrogens with one attached hydrogen (secondary N) is 4. The molecule has 21 nitrogen and oxygen atoms in total. The molecule has 0 fully saturated rings. The van der Waals surface area contributed by atoms with Gasteiger partial charge in [-0.25, -0.2) is 24.0 Å². The second-order valence-corrected chi connectivity index (χ2v) is 15.7. The topological polar surface area (TPSA) is 291 Å². The summed E-state index contributed by atoms with van der Waals surface area (Å²) in [6.45, 7) is 14.0. The molecule has 0 aromatic heterocycles. The summed E-state index contributed by atoms with van der Waals surface area (Å²) in [6.07, 6.45) is -4.02. The Bertz CT molecular complexity index is 1710. The minimum absolute atomic E-state index is 0.0433. The van der Waals surface area contributed by atoms with Crippen molar-refractivity contribution in [2.75, 3.05) is 61.2 Å². The summed E-state index contributed by atoms with van der Waals surface area (Å²) in [5.74, 6) is -0.0790. The van der Waals surface area contributed by atoms with Crippen molar-refractivity contribution in [1.29, 1.82) is 0 Å². The molecule has 0 saturated heterocycles. The minimum atomic E-state index is -0.990. The molecule has 2 rings (SSSR count). The van der Waals surface area contributed by atoms with Gasteiger partial charge in [0.05, 0.1) is 47.2 Å². The number of aliphatic hydroxyl groups excluding tert-OH is 2. The molecule has 62 heavy (non-hydrogen) atoms. The highest BCUT2D eigenvalue weighted by Gasteiger charge is 2.21. The molecule has 4 amide bonds. The summed E-state index contributed by atoms with van der Waals surface area (Å²) in [4.78, 5) is 68.5. The highest BCUT2D eigenvalue weighted by Crippen LogP contribution is 2.30. The van der Waals surface area contributed by atoms with Gasteiger partial charge in [0.15, 0.2) is 0 Å². The molecule has 0 spiro atoms. The number of alkyl carbamates (subject to hydrolysis) is 3. The van der Waals surface area contributed by atoms with Crippen molar-refractivity contribution in [3.8, 4) is 23.0 Å². The first kappa shape index (κ1) is 55.9. The fourth-order valence-electron chi connectivity index (χ4n) is 4.29. The molecular weight excluding hydrogens is 818 g/mol. The number of ether oxygens (including phenoxy) is 8. The van der Waals surface area contributed by atoms with E-state index in [2.05, 4.69) is 26.0 Å². The van der Waals surface area contributed by atoms with Crippen LogP contribution in [0.3, 0.4) is 0 Å². The van der Waals surface area contributed by atoms with Crippen LogP contribution in [0.25, 0.3) is 0 Å². The molecule has 2 atom stereocenters. The maximum atomic E-state index is 11.8. The lowest BCUT2D eigenvalue weighted by molar-refractivity contribution is -0.158. The molecule has 0 bridgehead atoms. The number of amides is 4. The molecule has 0 aliphatic rings. The number of aliphatic hydroxyl groups is 2. The van der Waals surface area contributed by atoms with Gasteiger partial charge in [-0.2, -0.15) is 0 Å². The third-order valence-corrected chi connectivity index (χ3v) is 6.88. The van der Waals surface area contributed by atoms with Crippen LogP contribution in [0.5, 0.6) is 23.0 Å². The van der Waals surface area contributed by atoms with E-state index in [0.29, 0.717) is 34.1 Å². The molecule has 350 valence electrons. The number of esters is 2. The van der Waals surface area contributed by atoms with Gasteiger partial charge in [-0.1, -0.05) is 0 Å². The van der Waals surface area contributed by atoms with Crippen molar-refractivity contribution in [2.24, 2.45) is 5.73 Å². The molecule has 0 saturated carbocycles. The zero-order valence-corrected chi connectivity index (χ0v) is 37.8. The van der Waals surface area contributed by atoms with Crippen molar-refractivity contribution < 1.29 is 76.9 Å². The molecule has 0 aliphatic heterocycles. The van der Waals surface area contributed by atoms with Crippen molar-refractivity contribution >= 4 is 36.1 Å². The maximum absolute atomic E-state index is 11.8. The second-order valence-electron chi connectivity index (χ2n) is 15.7. The van der Waals surface area contributed by atoms with Gasteiger partial charge in [-0.3, -0.25) is 4.79 Å². The van der Waals surface area contributed by atoms with E-state index in [4.69, 9.17) is 38.9 Å². The Balaban J connectivity index is 0.000000934. The lowest BCUT2D eigenvalue weighted by atomic mass is 10.1. The fourth-order valence-corrected chi connectivity index (χ4v) is 4.29. The normalized spacial score (nSPS) is 11.8. The van der Waals surface area contributed by atoms with Crippen LogP contribution in [0, 0.1) is 0 Å². The number of hydrogen-bond acceptors (Lipinski definition) is 17. The number of benzene rings is 2. The van der Waals surface area contributed by atoms with Crippen LogP contribution in [-0.4, -0.2) is 124 Å². The fraction of sp³-hybridized carbons (Fsp3) is 0.561. The molecular formula is C41H65N5O16. The summed E-state index contributed by atoms with van der Waals surface area (Å²) in [7, 11) is 6.12. The zero-order valence-electron chi connectivity index (χ0n) is 37.8. The van der Waals surface area contributed by atoms with Crippen LogP contribution in [0.1, 0.15) is 85.6 Å². The highest BCUT2D eigenvalue weighted by molar-refractivity contribution is 5.90. The Morgan fingerprint density at radius 2 is 0.903 bits per heavy atom. The van der Waals surface area contributed by atoms with Crippen LogP contribution in [0.15, 0.2) is 36.4 Å². The number of carbonyl (C=O) groups excluding carboxylic acids is 6. The Kier molecular flexibility index (Phi) is 24.4. The van der Waals surface area contributed by atoms with Crippen molar-refractivity contribution in [1.82, 2.24) is 21.3 Å². The molecule has 8 N–H and O–H groups in total. The van der Waals surface area contributed by atoms with E-state index < -0.39 is 78.2 Å². The minimum Gasteiger partial charge on any atom is -0.497 e. The summed E-state index contributed by atoms with van der Waals surface area (Å²) in [6, 6.07) is 10.2. The standard InChI is InChI=1S/C17H26N2O6.C14H24N2O7.C10H15NO3/c1-17(2,3)25-16(22)19-10-15(21)18-9-13(20)12-8-11(23-4)6-7-14(12)24-5;1-13(2,3)22-11(19)15-7-9(17)21-10(18)8-16-12(20)23-14(4,5)6;1-13-7-3-4-10(14-2)8(5-7)9(12)6-11/h6-8,13,20H,9-10H2,1-5H3,(H,18,21)(H,19,22);7-8H2,1-6H3,(H,15,19)(H,16,20);3-5,9,12H,6,11H2,1-2H3. The van der Waals surface area contributed by atoms with Crippen LogP contribution in [-0.2, 0) is 33.3 Å². The Hall–Kier alpha value is -6.06. The quantitative estimate of drug-likeness (QED) is 0.0768. The Labute approximate surface area is 362 Å². The van der Waals surface area contributed by atoms with Gasteiger partial charge in [0, 0.05) is 24.2 Å². The molecule has 0 radical (unpaired) electrons. The first-order valence-corrected chi connectivity index (χ1v) is 19.1. The van der Waals surface area contributed by atoms with E-state index in [9.17, 15) is 39.0 Å². The third-order valence-electron chi connectivity index (χ3n) is 6.88. The monoisotopic (exact) mass is 883 g/mol. The van der Waals surface area contributed by atoms with Gasteiger partial charge in [0.1, 0.15) is 52.9 Å². The molecule has 2 aromatic carbocycles. The summed E-state index contributed by atoms with van der Waals surface area (Å²) in [5.41, 5.74) is 4.45. The average molecular weight is 884 g/mol. The first-order chi connectivity index (χ1) is 28.7. The molecule has 2 unspecified atom stereocenters. The third kappa shape index (κ3) is 25.5. The van der Waals surface area contributed by atoms with Crippen LogP contribution >= 0.6 is 0 Å². The zero-order chi connectivity index (χ0) is 47.8. The predicted octanol–water partition coefficient (Wildman–Crippen LogP) is 3.18. The van der Waals surface area contributed by atoms with E-state index in [1.54, 1.807) is 113 Å². The van der Waals surface area contributed by atoms with Crippen LogP contribution < -0.4 is 45.9 Å². The van der Waals surface area contributed by atoms with Crippen LogP contribution in [0.4, 0.5) is 14.4 Å². The number of rotatable bonds is 15. The first-order valence-electron chi connectivity index (χ1n) is 19.1. The van der Waals surface area contributed by atoms with Crippen molar-refractivity contribution in [2.45, 2.75) is 91.3 Å². The highest BCUT2D eigenvalue weighted by atomic mass is 16.6. The van der Waals surface area contributed by atoms with E-state index in [1.165, 1.54) is 14.2 Å². The smallest absolute Gasteiger partial charge is 0.408 e. The Morgan fingerprint density at radius 1 is 0.548 bits per heavy atom. The van der Waals surface area contributed by atoms with E-state index in [0.717, 1.165) is 0 Å².